The molecule has 0 spiro atoms. The van der Waals surface area contributed by atoms with Crippen LogP contribution in [0.2, 0.25) is 0 Å². The van der Waals surface area contributed by atoms with E-state index in [9.17, 15) is 9.18 Å². The number of carbonyl (C=O) groups is 1. The largest absolute Gasteiger partial charge is 0.491 e. The summed E-state index contributed by atoms with van der Waals surface area (Å²) in [7, 11) is 0. The molecule has 24 heavy (non-hydrogen) atoms. The van der Waals surface area contributed by atoms with Crippen molar-refractivity contribution in [1.82, 2.24) is 10.6 Å². The zero-order valence-corrected chi connectivity index (χ0v) is 12.9. The van der Waals surface area contributed by atoms with Crippen molar-refractivity contribution in [2.45, 2.75) is 18.5 Å². The second-order valence-electron chi connectivity index (χ2n) is 5.87. The van der Waals surface area contributed by atoms with Gasteiger partial charge in [0.2, 0.25) is 0 Å². The van der Waals surface area contributed by atoms with Crippen LogP contribution in [0.3, 0.4) is 0 Å². The molecule has 124 valence electrons. The second-order valence-corrected chi connectivity index (χ2v) is 5.87. The van der Waals surface area contributed by atoms with E-state index in [0.29, 0.717) is 25.2 Å². The van der Waals surface area contributed by atoms with Crippen molar-refractivity contribution in [2.75, 3.05) is 13.2 Å². The number of amides is 2. The lowest BCUT2D eigenvalue weighted by molar-refractivity contribution is 0.214. The van der Waals surface area contributed by atoms with Gasteiger partial charge >= 0.3 is 6.03 Å². The van der Waals surface area contributed by atoms with Crippen molar-refractivity contribution in [3.63, 3.8) is 0 Å². The smallest absolute Gasteiger partial charge is 0.315 e. The topological polar surface area (TPSA) is 59.6 Å². The van der Waals surface area contributed by atoms with Gasteiger partial charge in [0.1, 0.15) is 12.4 Å². The minimum absolute atomic E-state index is 0.187. The van der Waals surface area contributed by atoms with Crippen LogP contribution in [-0.2, 0) is 0 Å². The van der Waals surface area contributed by atoms with Gasteiger partial charge in [0.25, 0.3) is 0 Å². The maximum atomic E-state index is 13.8. The highest BCUT2D eigenvalue weighted by Crippen LogP contribution is 2.34. The van der Waals surface area contributed by atoms with Crippen LogP contribution < -0.4 is 20.1 Å². The lowest BCUT2D eigenvalue weighted by Crippen LogP contribution is -2.41. The molecule has 0 aromatic heterocycles. The van der Waals surface area contributed by atoms with Crippen molar-refractivity contribution >= 4 is 6.03 Å². The van der Waals surface area contributed by atoms with Crippen LogP contribution in [0.15, 0.2) is 42.5 Å². The Morgan fingerprint density at radius 3 is 2.71 bits per heavy atom. The van der Waals surface area contributed by atoms with Gasteiger partial charge in [-0.05, 0) is 12.1 Å². The van der Waals surface area contributed by atoms with Crippen molar-refractivity contribution in [3.8, 4) is 11.5 Å². The molecule has 2 heterocycles. The van der Waals surface area contributed by atoms with E-state index in [-0.39, 0.29) is 23.9 Å². The summed E-state index contributed by atoms with van der Waals surface area (Å²) in [5.41, 5.74) is 1.63. The van der Waals surface area contributed by atoms with E-state index in [1.54, 1.807) is 12.1 Å². The molecule has 2 aliphatic rings. The van der Waals surface area contributed by atoms with Crippen molar-refractivity contribution in [2.24, 2.45) is 0 Å². The van der Waals surface area contributed by atoms with E-state index in [1.807, 2.05) is 24.3 Å². The molecule has 0 unspecified atom stereocenters. The molecule has 0 bridgehead atoms. The van der Waals surface area contributed by atoms with Gasteiger partial charge < -0.3 is 20.1 Å². The Morgan fingerprint density at radius 2 is 1.79 bits per heavy atom. The highest BCUT2D eigenvalue weighted by molar-refractivity contribution is 5.75. The summed E-state index contributed by atoms with van der Waals surface area (Å²) in [5.74, 6) is 0.613. The molecule has 2 N–H and O–H groups in total. The summed E-state index contributed by atoms with van der Waals surface area (Å²) in [6, 6.07) is 11.6. The van der Waals surface area contributed by atoms with Gasteiger partial charge in [-0.15, -0.1) is 0 Å². The molecule has 2 atom stereocenters. The van der Waals surface area contributed by atoms with Crippen molar-refractivity contribution in [3.05, 3.63) is 59.4 Å². The molecule has 6 heteroatoms. The fraction of sp³-hybridized carbons (Fsp3) is 0.278. The lowest BCUT2D eigenvalue weighted by atomic mass is 10.0. The molecule has 0 fully saturated rings. The van der Waals surface area contributed by atoms with Crippen LogP contribution in [-0.4, -0.2) is 19.2 Å². The van der Waals surface area contributed by atoms with Gasteiger partial charge in [-0.25, -0.2) is 9.18 Å². The average molecular weight is 328 g/mol. The fourth-order valence-corrected chi connectivity index (χ4v) is 3.18. The Balaban J connectivity index is 1.46. The molecule has 2 amide bonds. The predicted molar refractivity (Wildman–Crippen MR) is 85.6 cm³/mol. The first-order chi connectivity index (χ1) is 11.7. The molecule has 0 saturated carbocycles. The SMILES string of the molecule is O=C(N[C@H]1COc2ccccc21)N[C@H]1CCOc2c(F)cccc21. The van der Waals surface area contributed by atoms with Gasteiger partial charge in [0, 0.05) is 17.5 Å². The van der Waals surface area contributed by atoms with Crippen LogP contribution >= 0.6 is 0 Å². The van der Waals surface area contributed by atoms with E-state index >= 15 is 0 Å². The number of benzene rings is 2. The van der Waals surface area contributed by atoms with Gasteiger partial charge in [-0.1, -0.05) is 30.3 Å². The number of para-hydroxylation sites is 2. The number of urea groups is 1. The first kappa shape index (κ1) is 14.8. The van der Waals surface area contributed by atoms with Crippen LogP contribution in [0.5, 0.6) is 11.5 Å². The van der Waals surface area contributed by atoms with Gasteiger partial charge in [0.15, 0.2) is 11.6 Å². The molecular formula is C18H17FN2O3. The Bertz CT molecular complexity index is 781. The molecule has 2 aromatic carbocycles. The Labute approximate surface area is 138 Å². The third-order valence-electron chi connectivity index (χ3n) is 4.34. The molecule has 2 aliphatic heterocycles. The Kier molecular flexibility index (Phi) is 3.72. The molecule has 0 aliphatic carbocycles. The molecular weight excluding hydrogens is 311 g/mol. The van der Waals surface area contributed by atoms with Crippen LogP contribution in [0.4, 0.5) is 9.18 Å². The number of nitrogens with one attached hydrogen (secondary N) is 2. The fourth-order valence-electron chi connectivity index (χ4n) is 3.18. The van der Waals surface area contributed by atoms with Crippen molar-refractivity contribution in [1.29, 1.82) is 0 Å². The first-order valence-electron chi connectivity index (χ1n) is 7.92. The number of hydrogen-bond acceptors (Lipinski definition) is 3. The molecule has 2 aromatic rings. The summed E-state index contributed by atoms with van der Waals surface area (Å²) >= 11 is 0. The average Bonchev–Trinajstić information content (AvgIpc) is 2.99. The number of fused-ring (bicyclic) bond motifs is 2. The maximum Gasteiger partial charge on any atom is 0.315 e. The second kappa shape index (κ2) is 6.03. The van der Waals surface area contributed by atoms with Crippen molar-refractivity contribution < 1.29 is 18.7 Å². The van der Waals surface area contributed by atoms with Gasteiger partial charge in [0.05, 0.1) is 18.7 Å². The number of rotatable bonds is 2. The van der Waals surface area contributed by atoms with E-state index in [1.165, 1.54) is 6.07 Å². The maximum absolute atomic E-state index is 13.8. The first-order valence-corrected chi connectivity index (χ1v) is 7.92. The molecule has 0 radical (unpaired) electrons. The minimum atomic E-state index is -0.405. The zero-order valence-electron chi connectivity index (χ0n) is 12.9. The number of halogens is 1. The summed E-state index contributed by atoms with van der Waals surface area (Å²) in [4.78, 5) is 12.4. The van der Waals surface area contributed by atoms with Crippen LogP contribution in [0, 0.1) is 5.82 Å². The molecule has 0 saturated heterocycles. The standard InChI is InChI=1S/C18H17FN2O3/c19-13-6-3-5-12-14(8-9-23-17(12)13)20-18(22)21-15-10-24-16-7-2-1-4-11(15)16/h1-7,14-15H,8-10H2,(H2,20,21,22)/t14-,15-/m0/s1. The summed E-state index contributed by atoms with van der Waals surface area (Å²) in [5, 5.41) is 5.83. The van der Waals surface area contributed by atoms with Crippen LogP contribution in [0.25, 0.3) is 0 Å². The number of ether oxygens (including phenoxy) is 2. The summed E-state index contributed by atoms with van der Waals surface area (Å²) in [6.07, 6.45) is 0.599. The quantitative estimate of drug-likeness (QED) is 0.891. The van der Waals surface area contributed by atoms with E-state index in [4.69, 9.17) is 9.47 Å². The minimum Gasteiger partial charge on any atom is -0.491 e. The Hall–Kier alpha value is -2.76. The van der Waals surface area contributed by atoms with Gasteiger partial charge in [-0.3, -0.25) is 0 Å². The van der Waals surface area contributed by atoms with E-state index in [2.05, 4.69) is 10.6 Å². The van der Waals surface area contributed by atoms with E-state index < -0.39 is 5.82 Å². The third kappa shape index (κ3) is 2.64. The summed E-state index contributed by atoms with van der Waals surface area (Å²) in [6.45, 7) is 0.778. The normalized spacial score (nSPS) is 21.0. The number of hydrogen-bond donors (Lipinski definition) is 2. The monoisotopic (exact) mass is 328 g/mol. The highest BCUT2D eigenvalue weighted by Gasteiger charge is 2.28. The number of carbonyl (C=O) groups excluding carboxylic acids is 1. The molecule has 4 rings (SSSR count). The summed E-state index contributed by atoms with van der Waals surface area (Å²) < 4.78 is 24.7. The third-order valence-corrected chi connectivity index (χ3v) is 4.34. The zero-order chi connectivity index (χ0) is 16.5. The highest BCUT2D eigenvalue weighted by atomic mass is 19.1. The van der Waals surface area contributed by atoms with Crippen LogP contribution in [0.1, 0.15) is 29.6 Å². The lowest BCUT2D eigenvalue weighted by Gasteiger charge is -2.27. The predicted octanol–water partition coefficient (Wildman–Crippen LogP) is 3.08. The molecule has 5 nitrogen and oxygen atoms in total. The van der Waals surface area contributed by atoms with E-state index in [0.717, 1.165) is 11.3 Å². The Morgan fingerprint density at radius 1 is 1.00 bits per heavy atom. The van der Waals surface area contributed by atoms with Gasteiger partial charge in [-0.2, -0.15) is 0 Å².